The van der Waals surface area contributed by atoms with Crippen molar-refractivity contribution in [3.63, 3.8) is 0 Å². The summed E-state index contributed by atoms with van der Waals surface area (Å²) in [5, 5.41) is 0.628. The maximum Gasteiger partial charge on any atom is 0.215 e. The van der Waals surface area contributed by atoms with Crippen LogP contribution in [0.4, 0.5) is 0 Å². The summed E-state index contributed by atoms with van der Waals surface area (Å²) in [6.07, 6.45) is 0. The Morgan fingerprint density at radius 2 is 2.10 bits per heavy atom. The summed E-state index contributed by atoms with van der Waals surface area (Å²) in [5.74, 6) is 1.26. The third-order valence-corrected chi connectivity index (χ3v) is 3.60. The zero-order chi connectivity index (χ0) is 14.1. The van der Waals surface area contributed by atoms with Crippen LogP contribution in [0.3, 0.4) is 0 Å². The van der Waals surface area contributed by atoms with Crippen LogP contribution in [0.1, 0.15) is 6.92 Å². The molecule has 1 aromatic carbocycles. The van der Waals surface area contributed by atoms with Crippen molar-refractivity contribution in [2.45, 2.75) is 6.92 Å². The third kappa shape index (κ3) is 2.51. The van der Waals surface area contributed by atoms with Gasteiger partial charge in [-0.1, -0.05) is 27.5 Å². The molecule has 1 N–H and O–H groups in total. The molecule has 0 amide bonds. The molecule has 3 aromatic rings. The molecule has 0 atom stereocenters. The van der Waals surface area contributed by atoms with E-state index in [0.29, 0.717) is 29.0 Å². The minimum absolute atomic E-state index is 0.569. The number of aromatic amines is 1. The molecule has 0 saturated carbocycles. The molecule has 102 valence electrons. The molecule has 0 spiro atoms. The van der Waals surface area contributed by atoms with E-state index in [1.165, 1.54) is 0 Å². The number of fused-ring (bicyclic) bond motifs is 1. The van der Waals surface area contributed by atoms with Crippen molar-refractivity contribution in [2.24, 2.45) is 0 Å². The number of nitrogens with zero attached hydrogens (tertiary/aromatic N) is 2. The van der Waals surface area contributed by atoms with Crippen LogP contribution >= 0.6 is 27.5 Å². The highest BCUT2D eigenvalue weighted by molar-refractivity contribution is 9.10. The largest absolute Gasteiger partial charge is 0.478 e. The molecule has 20 heavy (non-hydrogen) atoms. The number of imidazole rings is 1. The van der Waals surface area contributed by atoms with E-state index in [1.807, 2.05) is 37.3 Å². The van der Waals surface area contributed by atoms with Crippen LogP contribution in [0.15, 0.2) is 34.8 Å². The Morgan fingerprint density at radius 1 is 1.25 bits per heavy atom. The summed E-state index contributed by atoms with van der Waals surface area (Å²) in [7, 11) is 0. The second-order valence-corrected chi connectivity index (χ2v) is 5.49. The van der Waals surface area contributed by atoms with Gasteiger partial charge in [0.25, 0.3) is 0 Å². The first kappa shape index (κ1) is 13.4. The molecule has 0 unspecified atom stereocenters. The standard InChI is InChI=1S/C14H11BrClN3O/c1-2-20-12-6-5-11-14(18-12)19-13(17-11)9-4-3-8(15)7-10(9)16/h3-7H,2H2,1H3,(H,17,18,19). The van der Waals surface area contributed by atoms with Gasteiger partial charge >= 0.3 is 0 Å². The number of rotatable bonds is 3. The average Bonchev–Trinajstić information content (AvgIpc) is 2.81. The van der Waals surface area contributed by atoms with Crippen molar-refractivity contribution >= 4 is 38.7 Å². The van der Waals surface area contributed by atoms with Crippen LogP contribution in [0, 0.1) is 0 Å². The smallest absolute Gasteiger partial charge is 0.215 e. The Hall–Kier alpha value is -1.59. The van der Waals surface area contributed by atoms with Crippen LogP contribution in [-0.2, 0) is 0 Å². The predicted molar refractivity (Wildman–Crippen MR) is 83.2 cm³/mol. The topological polar surface area (TPSA) is 50.8 Å². The fourth-order valence-corrected chi connectivity index (χ4v) is 2.68. The molecule has 4 nitrogen and oxygen atoms in total. The van der Waals surface area contributed by atoms with Crippen LogP contribution in [-0.4, -0.2) is 21.6 Å². The summed E-state index contributed by atoms with van der Waals surface area (Å²) in [4.78, 5) is 12.0. The van der Waals surface area contributed by atoms with E-state index < -0.39 is 0 Å². The van der Waals surface area contributed by atoms with E-state index in [1.54, 1.807) is 0 Å². The summed E-state index contributed by atoms with van der Waals surface area (Å²) < 4.78 is 6.30. The Morgan fingerprint density at radius 3 is 2.85 bits per heavy atom. The number of benzene rings is 1. The molecule has 0 aliphatic rings. The molecule has 6 heteroatoms. The van der Waals surface area contributed by atoms with Crippen molar-refractivity contribution < 1.29 is 4.74 Å². The summed E-state index contributed by atoms with van der Waals surface area (Å²) in [6, 6.07) is 9.39. The van der Waals surface area contributed by atoms with Gasteiger partial charge in [0.05, 0.1) is 17.1 Å². The van der Waals surface area contributed by atoms with Gasteiger partial charge in [0.1, 0.15) is 5.82 Å². The molecule has 2 aromatic heterocycles. The lowest BCUT2D eigenvalue weighted by atomic mass is 10.2. The number of pyridine rings is 1. The highest BCUT2D eigenvalue weighted by atomic mass is 79.9. The highest BCUT2D eigenvalue weighted by Crippen LogP contribution is 2.30. The lowest BCUT2D eigenvalue weighted by Crippen LogP contribution is -1.93. The van der Waals surface area contributed by atoms with E-state index in [-0.39, 0.29) is 0 Å². The number of aromatic nitrogens is 3. The molecule has 2 heterocycles. The molecule has 3 rings (SSSR count). The van der Waals surface area contributed by atoms with Crippen molar-refractivity contribution in [3.05, 3.63) is 39.8 Å². The maximum atomic E-state index is 6.24. The van der Waals surface area contributed by atoms with E-state index in [9.17, 15) is 0 Å². The third-order valence-electron chi connectivity index (χ3n) is 2.80. The van der Waals surface area contributed by atoms with Gasteiger partial charge < -0.3 is 9.72 Å². The first-order valence-electron chi connectivity index (χ1n) is 6.12. The van der Waals surface area contributed by atoms with Gasteiger partial charge in [0, 0.05) is 16.1 Å². The van der Waals surface area contributed by atoms with Crippen molar-refractivity contribution in [1.82, 2.24) is 15.0 Å². The lowest BCUT2D eigenvalue weighted by Gasteiger charge is -2.00. The molecule has 0 radical (unpaired) electrons. The van der Waals surface area contributed by atoms with Crippen LogP contribution in [0.5, 0.6) is 5.88 Å². The zero-order valence-corrected chi connectivity index (χ0v) is 13.0. The van der Waals surface area contributed by atoms with Crippen molar-refractivity contribution in [1.29, 1.82) is 0 Å². The first-order valence-corrected chi connectivity index (χ1v) is 7.29. The minimum atomic E-state index is 0.569. The van der Waals surface area contributed by atoms with Gasteiger partial charge in [-0.15, -0.1) is 0 Å². The molecule has 0 bridgehead atoms. The van der Waals surface area contributed by atoms with E-state index in [2.05, 4.69) is 30.9 Å². The molecule has 0 aliphatic carbocycles. The SMILES string of the molecule is CCOc1ccc2[nH]c(-c3ccc(Br)cc3Cl)nc2n1. The molecule has 0 aliphatic heterocycles. The molecule has 0 fully saturated rings. The fourth-order valence-electron chi connectivity index (χ4n) is 1.91. The Kier molecular flexibility index (Phi) is 3.63. The fraction of sp³-hybridized carbons (Fsp3) is 0.143. The van der Waals surface area contributed by atoms with Crippen molar-refractivity contribution in [2.75, 3.05) is 6.61 Å². The van der Waals surface area contributed by atoms with Crippen LogP contribution in [0.25, 0.3) is 22.6 Å². The first-order chi connectivity index (χ1) is 9.67. The number of nitrogens with one attached hydrogen (secondary N) is 1. The number of hydrogen-bond acceptors (Lipinski definition) is 3. The average molecular weight is 353 g/mol. The minimum Gasteiger partial charge on any atom is -0.478 e. The van der Waals surface area contributed by atoms with E-state index in [0.717, 1.165) is 15.6 Å². The summed E-state index contributed by atoms with van der Waals surface area (Å²) in [6.45, 7) is 2.50. The van der Waals surface area contributed by atoms with E-state index >= 15 is 0 Å². The van der Waals surface area contributed by atoms with Gasteiger partial charge in [-0.05, 0) is 31.2 Å². The summed E-state index contributed by atoms with van der Waals surface area (Å²) >= 11 is 9.62. The molecular weight excluding hydrogens is 342 g/mol. The Balaban J connectivity index is 2.08. The molecular formula is C14H11BrClN3O. The zero-order valence-electron chi connectivity index (χ0n) is 10.7. The van der Waals surface area contributed by atoms with Gasteiger partial charge in [-0.3, -0.25) is 0 Å². The second kappa shape index (κ2) is 5.42. The normalized spacial score (nSPS) is 10.9. The van der Waals surface area contributed by atoms with Crippen molar-refractivity contribution in [3.8, 4) is 17.3 Å². The molecule has 0 saturated heterocycles. The van der Waals surface area contributed by atoms with Gasteiger partial charge in [0.15, 0.2) is 5.65 Å². The van der Waals surface area contributed by atoms with E-state index in [4.69, 9.17) is 16.3 Å². The quantitative estimate of drug-likeness (QED) is 0.758. The number of hydrogen-bond donors (Lipinski definition) is 1. The predicted octanol–water partition coefficient (Wildman–Crippen LogP) is 4.44. The monoisotopic (exact) mass is 351 g/mol. The maximum absolute atomic E-state index is 6.24. The van der Waals surface area contributed by atoms with Gasteiger partial charge in [-0.2, -0.15) is 4.98 Å². The lowest BCUT2D eigenvalue weighted by molar-refractivity contribution is 0.328. The van der Waals surface area contributed by atoms with Crippen LogP contribution in [0.2, 0.25) is 5.02 Å². The van der Waals surface area contributed by atoms with Crippen LogP contribution < -0.4 is 4.74 Å². The number of H-pyrrole nitrogens is 1. The summed E-state index contributed by atoms with van der Waals surface area (Å²) in [5.41, 5.74) is 2.30. The Bertz CT molecular complexity index is 772. The highest BCUT2D eigenvalue weighted by Gasteiger charge is 2.10. The number of ether oxygens (including phenoxy) is 1. The second-order valence-electron chi connectivity index (χ2n) is 4.16. The van der Waals surface area contributed by atoms with Gasteiger partial charge in [0.2, 0.25) is 5.88 Å². The Labute approximate surface area is 129 Å². The van der Waals surface area contributed by atoms with Gasteiger partial charge in [-0.25, -0.2) is 4.98 Å². The number of halogens is 2.